The number of hydrogen-bond acceptors (Lipinski definition) is 9. The largest absolute Gasteiger partial charge is 0.508 e. The van der Waals surface area contributed by atoms with E-state index >= 15 is 4.39 Å². The van der Waals surface area contributed by atoms with Gasteiger partial charge in [-0.2, -0.15) is 49.5 Å². The van der Waals surface area contributed by atoms with E-state index in [-0.39, 0.29) is 83.1 Å². The zero-order chi connectivity index (χ0) is 44.0. The number of rotatable bonds is 9. The highest BCUT2D eigenvalue weighted by Gasteiger charge is 2.85. The summed E-state index contributed by atoms with van der Waals surface area (Å²) < 4.78 is 165. The van der Waals surface area contributed by atoms with Crippen LogP contribution in [0, 0.1) is 24.0 Å². The summed E-state index contributed by atoms with van der Waals surface area (Å²) in [6.45, 7) is 5.96. The van der Waals surface area contributed by atoms with Crippen molar-refractivity contribution in [2.75, 3.05) is 50.8 Å². The van der Waals surface area contributed by atoms with Crippen LogP contribution in [0.5, 0.6) is 11.8 Å². The number of aromatic hydroxyl groups is 1. The summed E-state index contributed by atoms with van der Waals surface area (Å²) in [7, 11) is 0. The summed E-state index contributed by atoms with van der Waals surface area (Å²) in [6, 6.07) is 3.41. The van der Waals surface area contributed by atoms with Crippen LogP contribution in [0.15, 0.2) is 24.3 Å². The van der Waals surface area contributed by atoms with Crippen LogP contribution < -0.4 is 15.0 Å². The van der Waals surface area contributed by atoms with Crippen LogP contribution in [0.25, 0.3) is 32.9 Å². The molecule has 2 aromatic carbocycles. The average Bonchev–Trinajstić information content (AvgIpc) is 3.76. The summed E-state index contributed by atoms with van der Waals surface area (Å²) in [6.07, 6.45) is -14.0. The highest BCUT2D eigenvalue weighted by molar-refractivity contribution is 6.03. The topological polar surface area (TPSA) is 95.9 Å². The maximum absolute atomic E-state index is 17.1. The van der Waals surface area contributed by atoms with Crippen molar-refractivity contribution < 1.29 is 62.9 Å². The number of nitrogens with one attached hydrogen (secondary N) is 1. The Balaban J connectivity index is 0.00000297. The number of hydrogen-bond donors (Lipinski definition) is 2. The van der Waals surface area contributed by atoms with Crippen LogP contribution >= 0.6 is 0 Å². The number of phenolic OH excluding ortho intramolecular Hbond substituents is 1. The first-order chi connectivity index (χ1) is 28.3. The summed E-state index contributed by atoms with van der Waals surface area (Å²) >= 11 is 0. The van der Waals surface area contributed by atoms with Crippen molar-refractivity contribution in [3.63, 3.8) is 0 Å². The summed E-state index contributed by atoms with van der Waals surface area (Å²) in [4.78, 5) is 17.1. The molecule has 0 aliphatic carbocycles. The van der Waals surface area contributed by atoms with Crippen LogP contribution in [0.1, 0.15) is 57.7 Å². The number of ether oxygens (including phenoxy) is 2. The SMILES string of the molecule is C#Cc1c(F)ccc2cc(O)cc(-c3nc(CC)c4c(N5CCNCC5)nc(OC[C@@]56CCCN5[C@H](COC(C(F)(F)F)(C(F)(F)F)C(F)(F)F)CC6)nc4c3F)c12.CC. The predicted molar refractivity (Wildman–Crippen MR) is 200 cm³/mol. The van der Waals surface area contributed by atoms with Gasteiger partial charge in [0.05, 0.1) is 28.8 Å². The fraction of sp³-hybridized carbons (Fsp3) is 0.525. The molecule has 3 aliphatic heterocycles. The number of alkyl halides is 9. The average molecular weight is 863 g/mol. The van der Waals surface area contributed by atoms with Crippen LogP contribution in [-0.4, -0.2) is 107 Å². The van der Waals surface area contributed by atoms with Crippen molar-refractivity contribution >= 4 is 27.5 Å². The van der Waals surface area contributed by atoms with Gasteiger partial charge in [0.1, 0.15) is 35.2 Å². The van der Waals surface area contributed by atoms with Gasteiger partial charge in [-0.05, 0) is 62.2 Å². The molecule has 60 heavy (non-hydrogen) atoms. The maximum Gasteiger partial charge on any atom is 0.435 e. The number of anilines is 1. The minimum Gasteiger partial charge on any atom is -0.508 e. The van der Waals surface area contributed by atoms with Crippen molar-refractivity contribution in [3.05, 3.63) is 47.2 Å². The van der Waals surface area contributed by atoms with Gasteiger partial charge in [0.25, 0.3) is 0 Å². The lowest BCUT2D eigenvalue weighted by Crippen LogP contribution is -2.68. The van der Waals surface area contributed by atoms with Gasteiger partial charge in [0.15, 0.2) is 5.82 Å². The highest BCUT2D eigenvalue weighted by Crippen LogP contribution is 2.55. The third-order valence-corrected chi connectivity index (χ3v) is 11.2. The lowest BCUT2D eigenvalue weighted by molar-refractivity contribution is -0.458. The van der Waals surface area contributed by atoms with Crippen LogP contribution in [0.3, 0.4) is 0 Å². The molecule has 20 heteroatoms. The molecule has 9 nitrogen and oxygen atoms in total. The molecule has 2 N–H and O–H groups in total. The minimum absolute atomic E-state index is 0.0216. The second kappa shape index (κ2) is 16.6. The Kier molecular flexibility index (Phi) is 12.4. The Morgan fingerprint density at radius 1 is 0.917 bits per heavy atom. The number of halogens is 11. The molecule has 4 aromatic rings. The Bertz CT molecular complexity index is 2240. The molecule has 7 rings (SSSR count). The normalized spacial score (nSPS) is 20.3. The van der Waals surface area contributed by atoms with Gasteiger partial charge in [0, 0.05) is 43.2 Å². The van der Waals surface area contributed by atoms with Crippen molar-refractivity contribution in [2.45, 2.75) is 88.6 Å². The first-order valence-corrected chi connectivity index (χ1v) is 19.3. The highest BCUT2D eigenvalue weighted by atomic mass is 19.4. The quantitative estimate of drug-likeness (QED) is 0.127. The zero-order valence-electron chi connectivity index (χ0n) is 32.6. The van der Waals surface area contributed by atoms with Gasteiger partial charge in [0.2, 0.25) is 0 Å². The third kappa shape index (κ3) is 7.61. The predicted octanol–water partition coefficient (Wildman–Crippen LogP) is 8.63. The number of nitrogens with zero attached hydrogens (tertiary/aromatic N) is 5. The number of piperazine rings is 1. The second-order valence-corrected chi connectivity index (χ2v) is 14.5. The second-order valence-electron chi connectivity index (χ2n) is 14.5. The summed E-state index contributed by atoms with van der Waals surface area (Å²) in [5.41, 5.74) is -7.90. The molecule has 2 aromatic heterocycles. The van der Waals surface area contributed by atoms with Crippen LogP contribution in [0.4, 0.5) is 54.1 Å². The lowest BCUT2D eigenvalue weighted by atomic mass is 9.95. The molecule has 3 aliphatic rings. The maximum atomic E-state index is 17.1. The molecule has 0 unspecified atom stereocenters. The lowest BCUT2D eigenvalue weighted by Gasteiger charge is -2.40. The molecule has 0 saturated carbocycles. The van der Waals surface area contributed by atoms with Gasteiger partial charge in [-0.15, -0.1) is 6.42 Å². The van der Waals surface area contributed by atoms with Gasteiger partial charge < -0.3 is 24.8 Å². The van der Waals surface area contributed by atoms with Crippen molar-refractivity contribution in [3.8, 4) is 35.4 Å². The third-order valence-electron chi connectivity index (χ3n) is 11.2. The number of aryl methyl sites for hydroxylation is 1. The monoisotopic (exact) mass is 862 g/mol. The van der Waals surface area contributed by atoms with Crippen molar-refractivity contribution in [2.24, 2.45) is 0 Å². The van der Waals surface area contributed by atoms with Gasteiger partial charge >= 0.3 is 30.1 Å². The molecule has 0 radical (unpaired) electrons. The van der Waals surface area contributed by atoms with E-state index in [4.69, 9.17) is 11.2 Å². The molecule has 3 fully saturated rings. The minimum atomic E-state index is -6.86. The molecule has 3 saturated heterocycles. The van der Waals surface area contributed by atoms with Crippen molar-refractivity contribution in [1.29, 1.82) is 0 Å². The molecule has 0 amide bonds. The van der Waals surface area contributed by atoms with Gasteiger partial charge in [-0.25, -0.2) is 13.8 Å². The number of fused-ring (bicyclic) bond motifs is 3. The van der Waals surface area contributed by atoms with Crippen molar-refractivity contribution in [1.82, 2.24) is 25.2 Å². The molecular weight excluding hydrogens is 821 g/mol. The molecule has 0 spiro atoms. The van der Waals surface area contributed by atoms with E-state index in [0.717, 1.165) is 6.07 Å². The first-order valence-electron chi connectivity index (χ1n) is 19.3. The molecule has 5 heterocycles. The van der Waals surface area contributed by atoms with Gasteiger partial charge in [-0.1, -0.05) is 32.8 Å². The Morgan fingerprint density at radius 3 is 2.20 bits per heavy atom. The smallest absolute Gasteiger partial charge is 0.435 e. The Hall–Kier alpha value is -4.74. The molecular formula is C40H41F11N6O3. The Labute approximate surface area is 337 Å². The van der Waals surface area contributed by atoms with E-state index in [1.807, 2.05) is 18.7 Å². The Morgan fingerprint density at radius 2 is 1.58 bits per heavy atom. The van der Waals surface area contributed by atoms with E-state index in [1.54, 1.807) is 6.92 Å². The van der Waals surface area contributed by atoms with E-state index in [0.29, 0.717) is 50.1 Å². The number of phenols is 1. The number of pyridine rings is 1. The van der Waals surface area contributed by atoms with E-state index in [1.165, 1.54) is 23.1 Å². The van der Waals surface area contributed by atoms with E-state index in [9.17, 15) is 49.0 Å². The summed E-state index contributed by atoms with van der Waals surface area (Å²) in [5, 5.41) is 14.5. The molecule has 326 valence electrons. The zero-order valence-corrected chi connectivity index (χ0v) is 32.6. The molecule has 2 atom stereocenters. The van der Waals surface area contributed by atoms with E-state index in [2.05, 4.69) is 30.9 Å². The van der Waals surface area contributed by atoms with Gasteiger partial charge in [-0.3, -0.25) is 4.90 Å². The molecule has 0 bridgehead atoms. The standard InChI is InChI=1S/C38H35F11N6O3.C2H6/c1-3-23-25(39)7-6-20-16-22(56)17-24(27(20)23)30-29(40)31-28(26(4-2)51-30)32(54-14-11-50-12-15-54)53-33(52-31)57-19-34-9-5-13-55(34)21(8-10-34)18-58-35(36(41,42)43,37(44,45)46)38(47,48)49;1-2/h1,6-7,16-17,21,50,56H,4-5,8-15,18-19H2,2H3;1-2H3/t21-,34-;/m0./s1. The fourth-order valence-electron chi connectivity index (χ4n) is 8.50. The van der Waals surface area contributed by atoms with Crippen LogP contribution in [-0.2, 0) is 11.2 Å². The fourth-order valence-corrected chi connectivity index (χ4v) is 8.50. The number of terminal acetylenes is 1. The van der Waals surface area contributed by atoms with E-state index < -0.39 is 54.0 Å². The first kappa shape index (κ1) is 44.8. The number of aromatic nitrogens is 3. The summed E-state index contributed by atoms with van der Waals surface area (Å²) in [5.74, 6) is 0.504. The number of benzene rings is 2. The van der Waals surface area contributed by atoms with Crippen LogP contribution in [0.2, 0.25) is 0 Å².